The first-order valence-corrected chi connectivity index (χ1v) is 6.17. The Morgan fingerprint density at radius 1 is 1.35 bits per heavy atom. The van der Waals surface area contributed by atoms with E-state index in [0.29, 0.717) is 11.4 Å². The van der Waals surface area contributed by atoms with E-state index in [0.717, 1.165) is 24.6 Å². The van der Waals surface area contributed by atoms with Gasteiger partial charge < -0.3 is 4.90 Å². The summed E-state index contributed by atoms with van der Waals surface area (Å²) in [6, 6.07) is 2.83. The van der Waals surface area contributed by atoms with Gasteiger partial charge in [-0.05, 0) is 18.6 Å². The van der Waals surface area contributed by atoms with Gasteiger partial charge in [-0.2, -0.15) is 0 Å². The molecule has 1 aromatic rings. The molecular weight excluding hydrogens is 292 g/mol. The molecule has 17 heavy (non-hydrogen) atoms. The van der Waals surface area contributed by atoms with Crippen LogP contribution in [0, 0.1) is 11.6 Å². The van der Waals surface area contributed by atoms with Gasteiger partial charge in [0.05, 0.1) is 0 Å². The smallest absolute Gasteiger partial charge is 0.253 e. The second kappa shape index (κ2) is 6.10. The number of amides is 1. The highest BCUT2D eigenvalue weighted by Crippen LogP contribution is 2.11. The molecule has 94 valence electrons. The molecule has 0 N–H and O–H groups in total. The van der Waals surface area contributed by atoms with Gasteiger partial charge in [-0.3, -0.25) is 4.79 Å². The number of carbonyl (C=O) groups is 1. The summed E-state index contributed by atoms with van der Waals surface area (Å²) in [4.78, 5) is 13.6. The fraction of sp³-hybridized carbons (Fsp3) is 0.417. The quantitative estimate of drug-likeness (QED) is 0.782. The third-order valence-electron chi connectivity index (χ3n) is 2.32. The van der Waals surface area contributed by atoms with Gasteiger partial charge >= 0.3 is 0 Å². The number of alkyl halides is 1. The maximum atomic E-state index is 12.9. The molecule has 1 aromatic carbocycles. The normalized spacial score (nSPS) is 12.3. The van der Waals surface area contributed by atoms with Gasteiger partial charge in [-0.25, -0.2) is 8.78 Å². The molecule has 0 fully saturated rings. The molecule has 1 unspecified atom stereocenters. The Kier molecular flexibility index (Phi) is 5.05. The minimum absolute atomic E-state index is 0.0345. The summed E-state index contributed by atoms with van der Waals surface area (Å²) in [6.07, 6.45) is 0.778. The first kappa shape index (κ1) is 14.1. The van der Waals surface area contributed by atoms with E-state index in [1.165, 1.54) is 4.90 Å². The van der Waals surface area contributed by atoms with Crippen LogP contribution in [-0.2, 0) is 0 Å². The van der Waals surface area contributed by atoms with E-state index in [-0.39, 0.29) is 11.5 Å². The van der Waals surface area contributed by atoms with Crippen molar-refractivity contribution in [3.63, 3.8) is 0 Å². The third kappa shape index (κ3) is 4.42. The predicted octanol–water partition coefficient (Wildman–Crippen LogP) is 3.21. The average molecular weight is 306 g/mol. The molecule has 0 aliphatic carbocycles. The topological polar surface area (TPSA) is 20.3 Å². The largest absolute Gasteiger partial charge is 0.342 e. The Bertz CT molecular complexity index is 389. The van der Waals surface area contributed by atoms with Crippen molar-refractivity contribution in [3.05, 3.63) is 35.4 Å². The number of hydrogen-bond donors (Lipinski definition) is 0. The Morgan fingerprint density at radius 3 is 2.35 bits per heavy atom. The highest BCUT2D eigenvalue weighted by atomic mass is 79.9. The molecule has 5 heteroatoms. The molecule has 0 aromatic heterocycles. The van der Waals surface area contributed by atoms with Crippen LogP contribution >= 0.6 is 15.9 Å². The fourth-order valence-electron chi connectivity index (χ4n) is 1.37. The van der Waals surface area contributed by atoms with E-state index in [9.17, 15) is 13.6 Å². The lowest BCUT2D eigenvalue weighted by atomic mass is 10.2. The SMILES string of the molecule is CC(Br)CCN(C)C(=O)c1cc(F)cc(F)c1. The van der Waals surface area contributed by atoms with Crippen molar-refractivity contribution in [1.82, 2.24) is 4.90 Å². The number of hydrogen-bond acceptors (Lipinski definition) is 1. The first-order chi connectivity index (χ1) is 7.90. The van der Waals surface area contributed by atoms with Crippen LogP contribution in [0.15, 0.2) is 18.2 Å². The highest BCUT2D eigenvalue weighted by Gasteiger charge is 2.14. The molecular formula is C12H14BrF2NO. The van der Waals surface area contributed by atoms with Crippen molar-refractivity contribution >= 4 is 21.8 Å². The van der Waals surface area contributed by atoms with Gasteiger partial charge in [0.15, 0.2) is 0 Å². The Labute approximate surface area is 108 Å². The highest BCUT2D eigenvalue weighted by molar-refractivity contribution is 9.09. The summed E-state index contributed by atoms with van der Waals surface area (Å²) in [5.41, 5.74) is 0.0345. The molecule has 0 aliphatic heterocycles. The van der Waals surface area contributed by atoms with Gasteiger partial charge in [-0.15, -0.1) is 0 Å². The van der Waals surface area contributed by atoms with Crippen LogP contribution in [0.5, 0.6) is 0 Å². The summed E-state index contributed by atoms with van der Waals surface area (Å²) in [6.45, 7) is 2.50. The average Bonchev–Trinajstić information content (AvgIpc) is 2.23. The van der Waals surface area contributed by atoms with E-state index in [1.54, 1.807) is 7.05 Å². The summed E-state index contributed by atoms with van der Waals surface area (Å²) < 4.78 is 25.9. The van der Waals surface area contributed by atoms with E-state index < -0.39 is 11.6 Å². The van der Waals surface area contributed by atoms with E-state index in [2.05, 4.69) is 15.9 Å². The molecule has 1 rings (SSSR count). The van der Waals surface area contributed by atoms with Crippen LogP contribution in [0.2, 0.25) is 0 Å². The van der Waals surface area contributed by atoms with Crippen molar-refractivity contribution in [2.45, 2.75) is 18.2 Å². The second-order valence-corrected chi connectivity index (χ2v) is 5.52. The number of nitrogens with zero attached hydrogens (tertiary/aromatic N) is 1. The van der Waals surface area contributed by atoms with Crippen LogP contribution in [0.25, 0.3) is 0 Å². The van der Waals surface area contributed by atoms with Gasteiger partial charge in [0.25, 0.3) is 5.91 Å². The Morgan fingerprint density at radius 2 is 1.88 bits per heavy atom. The zero-order chi connectivity index (χ0) is 13.0. The van der Waals surface area contributed by atoms with Crippen LogP contribution < -0.4 is 0 Å². The van der Waals surface area contributed by atoms with Crippen LogP contribution in [0.3, 0.4) is 0 Å². The lowest BCUT2D eigenvalue weighted by molar-refractivity contribution is 0.0793. The lowest BCUT2D eigenvalue weighted by Crippen LogP contribution is -2.28. The lowest BCUT2D eigenvalue weighted by Gasteiger charge is -2.18. The van der Waals surface area contributed by atoms with E-state index >= 15 is 0 Å². The molecule has 1 atom stereocenters. The summed E-state index contributed by atoms with van der Waals surface area (Å²) in [5, 5.41) is 0. The van der Waals surface area contributed by atoms with Crippen LogP contribution in [0.1, 0.15) is 23.7 Å². The van der Waals surface area contributed by atoms with Crippen molar-refractivity contribution < 1.29 is 13.6 Å². The number of carbonyl (C=O) groups excluding carboxylic acids is 1. The predicted molar refractivity (Wildman–Crippen MR) is 66.3 cm³/mol. The zero-order valence-electron chi connectivity index (χ0n) is 9.71. The van der Waals surface area contributed by atoms with Crippen LogP contribution in [0.4, 0.5) is 8.78 Å². The van der Waals surface area contributed by atoms with Crippen molar-refractivity contribution in [2.24, 2.45) is 0 Å². The van der Waals surface area contributed by atoms with Gasteiger partial charge in [0.2, 0.25) is 0 Å². The third-order valence-corrected chi connectivity index (χ3v) is 2.78. The molecule has 1 amide bonds. The minimum Gasteiger partial charge on any atom is -0.342 e. The molecule has 0 bridgehead atoms. The molecule has 0 saturated heterocycles. The molecule has 2 nitrogen and oxygen atoms in total. The minimum atomic E-state index is -0.740. The molecule has 0 saturated carbocycles. The first-order valence-electron chi connectivity index (χ1n) is 5.26. The molecule has 0 aliphatic rings. The van der Waals surface area contributed by atoms with E-state index in [1.807, 2.05) is 6.92 Å². The van der Waals surface area contributed by atoms with E-state index in [4.69, 9.17) is 0 Å². The number of benzene rings is 1. The molecule has 0 spiro atoms. The van der Waals surface area contributed by atoms with Crippen molar-refractivity contribution in [3.8, 4) is 0 Å². The Balaban J connectivity index is 2.74. The van der Waals surface area contributed by atoms with Gasteiger partial charge in [-0.1, -0.05) is 22.9 Å². The summed E-state index contributed by atoms with van der Waals surface area (Å²) in [7, 11) is 1.61. The monoisotopic (exact) mass is 305 g/mol. The maximum Gasteiger partial charge on any atom is 0.253 e. The van der Waals surface area contributed by atoms with Crippen molar-refractivity contribution in [1.29, 1.82) is 0 Å². The van der Waals surface area contributed by atoms with Crippen LogP contribution in [-0.4, -0.2) is 29.2 Å². The van der Waals surface area contributed by atoms with Crippen molar-refractivity contribution in [2.75, 3.05) is 13.6 Å². The fourth-order valence-corrected chi connectivity index (χ4v) is 1.58. The molecule has 0 heterocycles. The zero-order valence-corrected chi connectivity index (χ0v) is 11.3. The summed E-state index contributed by atoms with van der Waals surface area (Å²) >= 11 is 3.37. The summed E-state index contributed by atoms with van der Waals surface area (Å²) in [5.74, 6) is -1.86. The standard InChI is InChI=1S/C12H14BrF2NO/c1-8(13)3-4-16(2)12(17)9-5-10(14)7-11(15)6-9/h5-8H,3-4H2,1-2H3. The maximum absolute atomic E-state index is 12.9. The Hall–Kier alpha value is -0.970. The number of halogens is 3. The second-order valence-electron chi connectivity index (χ2n) is 3.95. The number of rotatable bonds is 4. The van der Waals surface area contributed by atoms with Gasteiger partial charge in [0, 0.05) is 30.0 Å². The van der Waals surface area contributed by atoms with Gasteiger partial charge in [0.1, 0.15) is 11.6 Å². The molecule has 0 radical (unpaired) electrons.